The number of likely N-dealkylation sites (tertiary alicyclic amines) is 1. The SMILES string of the molecule is CC(C)(C)OC(=O)NC1CCN(C(=O)CCOC(N)=O)CC1. The molecule has 126 valence electrons. The van der Waals surface area contributed by atoms with Crippen molar-refractivity contribution in [1.29, 1.82) is 0 Å². The van der Waals surface area contributed by atoms with Crippen molar-refractivity contribution < 1.29 is 23.9 Å². The molecule has 8 nitrogen and oxygen atoms in total. The second-order valence-corrected chi connectivity index (χ2v) is 6.22. The predicted molar refractivity (Wildman–Crippen MR) is 79.1 cm³/mol. The summed E-state index contributed by atoms with van der Waals surface area (Å²) in [6.45, 7) is 6.52. The molecule has 1 saturated heterocycles. The molecule has 0 aromatic rings. The minimum Gasteiger partial charge on any atom is -0.449 e. The van der Waals surface area contributed by atoms with Gasteiger partial charge in [0.05, 0.1) is 6.42 Å². The Morgan fingerprint density at radius 3 is 2.32 bits per heavy atom. The summed E-state index contributed by atoms with van der Waals surface area (Å²) in [6.07, 6.45) is 0.136. The van der Waals surface area contributed by atoms with E-state index in [0.29, 0.717) is 25.9 Å². The summed E-state index contributed by atoms with van der Waals surface area (Å²) < 4.78 is 9.74. The van der Waals surface area contributed by atoms with Crippen LogP contribution in [0.1, 0.15) is 40.0 Å². The van der Waals surface area contributed by atoms with Crippen LogP contribution in [0, 0.1) is 0 Å². The maximum Gasteiger partial charge on any atom is 0.407 e. The molecule has 0 aromatic carbocycles. The first-order chi connectivity index (χ1) is 10.2. The molecule has 0 aromatic heterocycles. The van der Waals surface area contributed by atoms with Crippen molar-refractivity contribution in [1.82, 2.24) is 10.2 Å². The molecule has 3 amide bonds. The van der Waals surface area contributed by atoms with Gasteiger partial charge in [-0.3, -0.25) is 4.79 Å². The Hall–Kier alpha value is -1.99. The Labute approximate surface area is 130 Å². The molecule has 0 unspecified atom stereocenters. The van der Waals surface area contributed by atoms with Crippen LogP contribution in [0.3, 0.4) is 0 Å². The van der Waals surface area contributed by atoms with Crippen LogP contribution in [0.15, 0.2) is 0 Å². The van der Waals surface area contributed by atoms with Crippen LogP contribution in [-0.2, 0) is 14.3 Å². The highest BCUT2D eigenvalue weighted by molar-refractivity contribution is 5.76. The minimum absolute atomic E-state index is 0.000713. The van der Waals surface area contributed by atoms with Gasteiger partial charge in [0.1, 0.15) is 12.2 Å². The number of nitrogens with one attached hydrogen (secondary N) is 1. The highest BCUT2D eigenvalue weighted by Gasteiger charge is 2.25. The van der Waals surface area contributed by atoms with Crippen molar-refractivity contribution in [3.8, 4) is 0 Å². The van der Waals surface area contributed by atoms with E-state index in [9.17, 15) is 14.4 Å². The number of rotatable bonds is 4. The van der Waals surface area contributed by atoms with Gasteiger partial charge in [-0.25, -0.2) is 9.59 Å². The molecule has 8 heteroatoms. The van der Waals surface area contributed by atoms with Crippen LogP contribution in [-0.4, -0.2) is 54.3 Å². The van der Waals surface area contributed by atoms with Gasteiger partial charge in [-0.2, -0.15) is 0 Å². The molecule has 1 aliphatic heterocycles. The summed E-state index contributed by atoms with van der Waals surface area (Å²) in [4.78, 5) is 35.7. The van der Waals surface area contributed by atoms with Gasteiger partial charge in [0.2, 0.25) is 5.91 Å². The molecule has 0 spiro atoms. The first-order valence-electron chi connectivity index (χ1n) is 7.37. The number of nitrogens with zero attached hydrogens (tertiary/aromatic N) is 1. The third-order valence-electron chi connectivity index (χ3n) is 3.13. The van der Waals surface area contributed by atoms with Crippen molar-refractivity contribution in [2.45, 2.75) is 51.7 Å². The summed E-state index contributed by atoms with van der Waals surface area (Å²) in [5, 5.41) is 2.81. The van der Waals surface area contributed by atoms with E-state index in [1.54, 1.807) is 4.90 Å². The molecular weight excluding hydrogens is 290 g/mol. The molecule has 0 bridgehead atoms. The van der Waals surface area contributed by atoms with Gasteiger partial charge in [-0.1, -0.05) is 0 Å². The first kappa shape index (κ1) is 18.1. The summed E-state index contributed by atoms with van der Waals surface area (Å²) in [5.74, 6) is -0.0861. The lowest BCUT2D eigenvalue weighted by Crippen LogP contribution is -2.47. The van der Waals surface area contributed by atoms with Crippen LogP contribution in [0.2, 0.25) is 0 Å². The van der Waals surface area contributed by atoms with Gasteiger partial charge in [0.25, 0.3) is 0 Å². The molecule has 0 saturated carbocycles. The molecule has 0 aliphatic carbocycles. The van der Waals surface area contributed by atoms with Crippen LogP contribution in [0.25, 0.3) is 0 Å². The quantitative estimate of drug-likeness (QED) is 0.803. The molecule has 22 heavy (non-hydrogen) atoms. The Balaban J connectivity index is 2.26. The summed E-state index contributed by atoms with van der Waals surface area (Å²) in [5.41, 5.74) is 4.30. The van der Waals surface area contributed by atoms with Gasteiger partial charge < -0.3 is 25.4 Å². The summed E-state index contributed by atoms with van der Waals surface area (Å²) in [6, 6.07) is 0.000713. The number of primary amides is 1. The van der Waals surface area contributed by atoms with Crippen molar-refractivity contribution >= 4 is 18.1 Å². The summed E-state index contributed by atoms with van der Waals surface area (Å²) >= 11 is 0. The van der Waals surface area contributed by atoms with E-state index in [1.807, 2.05) is 20.8 Å². The van der Waals surface area contributed by atoms with E-state index < -0.39 is 17.8 Å². The minimum atomic E-state index is -0.881. The fourth-order valence-electron chi connectivity index (χ4n) is 2.14. The highest BCUT2D eigenvalue weighted by atomic mass is 16.6. The number of hydrogen-bond donors (Lipinski definition) is 2. The van der Waals surface area contributed by atoms with Crippen LogP contribution in [0.5, 0.6) is 0 Å². The molecule has 3 N–H and O–H groups in total. The largest absolute Gasteiger partial charge is 0.449 e. The summed E-state index contributed by atoms with van der Waals surface area (Å²) in [7, 11) is 0. The Kier molecular flexibility index (Phi) is 6.45. The zero-order valence-corrected chi connectivity index (χ0v) is 13.4. The normalized spacial score (nSPS) is 16.0. The number of carbonyl (C=O) groups excluding carboxylic acids is 3. The second-order valence-electron chi connectivity index (χ2n) is 6.22. The second kappa shape index (κ2) is 7.86. The smallest absolute Gasteiger partial charge is 0.407 e. The average Bonchev–Trinajstić information content (AvgIpc) is 2.36. The van der Waals surface area contributed by atoms with E-state index >= 15 is 0 Å². The number of piperidine rings is 1. The molecule has 1 fully saturated rings. The zero-order chi connectivity index (χ0) is 16.8. The monoisotopic (exact) mass is 315 g/mol. The number of alkyl carbamates (subject to hydrolysis) is 1. The van der Waals surface area contributed by atoms with Crippen molar-refractivity contribution in [3.05, 3.63) is 0 Å². The van der Waals surface area contributed by atoms with Gasteiger partial charge >= 0.3 is 12.2 Å². The number of hydrogen-bond acceptors (Lipinski definition) is 5. The van der Waals surface area contributed by atoms with E-state index in [-0.39, 0.29) is 25.0 Å². The van der Waals surface area contributed by atoms with Gasteiger partial charge in [0.15, 0.2) is 0 Å². The standard InChI is InChI=1S/C14H25N3O5/c1-14(2,3)22-13(20)16-10-4-7-17(8-5-10)11(18)6-9-21-12(15)19/h10H,4-9H2,1-3H3,(H2,15,19)(H,16,20). The van der Waals surface area contributed by atoms with E-state index in [0.717, 1.165) is 0 Å². The van der Waals surface area contributed by atoms with Crippen LogP contribution >= 0.6 is 0 Å². The number of nitrogens with two attached hydrogens (primary N) is 1. The zero-order valence-electron chi connectivity index (χ0n) is 13.4. The molecule has 1 rings (SSSR count). The van der Waals surface area contributed by atoms with Crippen molar-refractivity contribution in [2.24, 2.45) is 5.73 Å². The third kappa shape index (κ3) is 7.14. The Morgan fingerprint density at radius 2 is 1.82 bits per heavy atom. The number of carbonyl (C=O) groups is 3. The molecular formula is C14H25N3O5. The fourth-order valence-corrected chi connectivity index (χ4v) is 2.14. The van der Waals surface area contributed by atoms with Gasteiger partial charge in [-0.05, 0) is 33.6 Å². The lowest BCUT2D eigenvalue weighted by Gasteiger charge is -2.32. The molecule has 1 aliphatic rings. The number of ether oxygens (including phenoxy) is 2. The highest BCUT2D eigenvalue weighted by Crippen LogP contribution is 2.13. The lowest BCUT2D eigenvalue weighted by atomic mass is 10.0. The Bertz CT molecular complexity index is 411. The maximum absolute atomic E-state index is 11.9. The van der Waals surface area contributed by atoms with Crippen LogP contribution < -0.4 is 11.1 Å². The average molecular weight is 315 g/mol. The topological polar surface area (TPSA) is 111 Å². The molecule has 0 radical (unpaired) electrons. The van der Waals surface area contributed by atoms with Gasteiger partial charge in [-0.15, -0.1) is 0 Å². The lowest BCUT2D eigenvalue weighted by molar-refractivity contribution is -0.132. The third-order valence-corrected chi connectivity index (χ3v) is 3.13. The van der Waals surface area contributed by atoms with Crippen molar-refractivity contribution in [2.75, 3.05) is 19.7 Å². The predicted octanol–water partition coefficient (Wildman–Crippen LogP) is 0.987. The molecule has 1 heterocycles. The number of amides is 3. The van der Waals surface area contributed by atoms with Crippen LogP contribution in [0.4, 0.5) is 9.59 Å². The van der Waals surface area contributed by atoms with Gasteiger partial charge in [0, 0.05) is 19.1 Å². The first-order valence-corrected chi connectivity index (χ1v) is 7.37. The van der Waals surface area contributed by atoms with E-state index in [1.165, 1.54) is 0 Å². The van der Waals surface area contributed by atoms with E-state index in [2.05, 4.69) is 10.1 Å². The Morgan fingerprint density at radius 1 is 1.23 bits per heavy atom. The van der Waals surface area contributed by atoms with E-state index in [4.69, 9.17) is 10.5 Å². The van der Waals surface area contributed by atoms with Crippen molar-refractivity contribution in [3.63, 3.8) is 0 Å². The maximum atomic E-state index is 11.9. The molecule has 0 atom stereocenters. The fraction of sp³-hybridized carbons (Fsp3) is 0.786.